The van der Waals surface area contributed by atoms with E-state index in [0.717, 1.165) is 48.6 Å². The third-order valence-corrected chi connectivity index (χ3v) is 6.69. The summed E-state index contributed by atoms with van der Waals surface area (Å²) < 4.78 is 0. The van der Waals surface area contributed by atoms with Crippen molar-refractivity contribution in [3.8, 4) is 0 Å². The number of nitrogens with zero attached hydrogens (tertiary/aromatic N) is 2. The van der Waals surface area contributed by atoms with E-state index in [0.29, 0.717) is 16.0 Å². The van der Waals surface area contributed by atoms with Gasteiger partial charge in [-0.3, -0.25) is 9.59 Å². The number of aryl methyl sites for hydroxylation is 2. The van der Waals surface area contributed by atoms with Crippen molar-refractivity contribution in [2.45, 2.75) is 39.7 Å². The van der Waals surface area contributed by atoms with E-state index in [4.69, 9.17) is 0 Å². The molecule has 0 spiro atoms. The van der Waals surface area contributed by atoms with Gasteiger partial charge < -0.3 is 9.88 Å². The number of hydrogen-bond donors (Lipinski definition) is 3. The Morgan fingerprint density at radius 3 is 2.70 bits per heavy atom. The van der Waals surface area contributed by atoms with Crippen molar-refractivity contribution in [2.75, 3.05) is 13.1 Å². The Morgan fingerprint density at radius 1 is 1.23 bits per heavy atom. The summed E-state index contributed by atoms with van der Waals surface area (Å²) in [5.41, 5.74) is 5.75. The van der Waals surface area contributed by atoms with Crippen LogP contribution in [0, 0.1) is 13.8 Å². The molecule has 7 nitrogen and oxygen atoms in total. The van der Waals surface area contributed by atoms with Crippen molar-refractivity contribution in [1.82, 2.24) is 15.4 Å². The molecule has 3 aromatic rings. The largest absolute Gasteiger partial charge is 0.331 e. The number of carbonyl (C=O) groups excluding carboxylic acids is 1. The van der Waals surface area contributed by atoms with Crippen LogP contribution in [-0.4, -0.2) is 34.7 Å². The summed E-state index contributed by atoms with van der Waals surface area (Å²) in [4.78, 5) is 35.1. The second-order valence-electron chi connectivity index (χ2n) is 7.78. The number of aromatic amines is 1. The van der Waals surface area contributed by atoms with Crippen LogP contribution in [0.25, 0.3) is 10.2 Å². The predicted molar refractivity (Wildman–Crippen MR) is 119 cm³/mol. The number of aromatic nitrogens is 2. The molecule has 4 rings (SSSR count). The molecule has 0 bridgehead atoms. The summed E-state index contributed by atoms with van der Waals surface area (Å²) in [5.74, 6) is 0.0997. The zero-order valence-electron chi connectivity index (χ0n) is 17.2. The molecule has 8 heteroatoms. The zero-order valence-corrected chi connectivity index (χ0v) is 18.1. The van der Waals surface area contributed by atoms with Crippen molar-refractivity contribution >= 4 is 33.2 Å². The lowest BCUT2D eigenvalue weighted by Crippen LogP contribution is -3.11. The number of amides is 1. The molecule has 0 radical (unpaired) electrons. The van der Waals surface area contributed by atoms with Gasteiger partial charge >= 0.3 is 0 Å². The van der Waals surface area contributed by atoms with Crippen LogP contribution in [0.1, 0.15) is 34.7 Å². The average molecular weight is 425 g/mol. The highest BCUT2D eigenvalue weighted by Gasteiger charge is 2.19. The molecule has 1 amide bonds. The van der Waals surface area contributed by atoms with E-state index in [1.807, 2.05) is 19.9 Å². The number of likely N-dealkylation sites (tertiary alicyclic amines) is 1. The van der Waals surface area contributed by atoms with Crippen LogP contribution in [-0.2, 0) is 17.8 Å². The Morgan fingerprint density at radius 2 is 1.97 bits per heavy atom. The molecule has 0 aliphatic carbocycles. The fourth-order valence-corrected chi connectivity index (χ4v) is 4.83. The molecule has 2 aromatic heterocycles. The summed E-state index contributed by atoms with van der Waals surface area (Å²) in [6.07, 6.45) is 1.75. The standard InChI is InChI=1S/C22H25N5O2S/c1-14-15(2)30-22-20(14)21(29)23-18(24-22)12-19(28)26-25-17-8-10-27(11-9-17)13-16-6-4-3-5-7-16/h3-7H,8-13H2,1-2H3,(H,26,28)(H,23,24,29)/p+1. The Hall–Kier alpha value is -2.84. The lowest BCUT2D eigenvalue weighted by atomic mass is 10.1. The lowest BCUT2D eigenvalue weighted by molar-refractivity contribution is -0.914. The summed E-state index contributed by atoms with van der Waals surface area (Å²) in [6.45, 7) is 6.92. The Balaban J connectivity index is 1.31. The topological polar surface area (TPSA) is 91.7 Å². The van der Waals surface area contributed by atoms with Crippen LogP contribution in [0.4, 0.5) is 0 Å². The number of quaternary nitrogens is 1. The number of rotatable bonds is 5. The van der Waals surface area contributed by atoms with Crippen molar-refractivity contribution in [3.63, 3.8) is 0 Å². The second-order valence-corrected chi connectivity index (χ2v) is 8.98. The van der Waals surface area contributed by atoms with Crippen molar-refractivity contribution in [2.24, 2.45) is 5.10 Å². The first kappa shape index (κ1) is 20.4. The van der Waals surface area contributed by atoms with Gasteiger partial charge in [-0.25, -0.2) is 10.4 Å². The molecule has 156 valence electrons. The van der Waals surface area contributed by atoms with Gasteiger partial charge in [0.25, 0.3) is 5.56 Å². The molecule has 1 fully saturated rings. The molecule has 1 aliphatic heterocycles. The smallest absolute Gasteiger partial charge is 0.259 e. The molecule has 0 saturated carbocycles. The highest BCUT2D eigenvalue weighted by Crippen LogP contribution is 2.25. The van der Waals surface area contributed by atoms with Crippen molar-refractivity contribution in [1.29, 1.82) is 0 Å². The molecule has 3 heterocycles. The number of nitrogens with one attached hydrogen (secondary N) is 3. The second kappa shape index (κ2) is 8.89. The maximum atomic E-state index is 12.3. The van der Waals surface area contributed by atoms with Crippen LogP contribution < -0.4 is 15.9 Å². The van der Waals surface area contributed by atoms with E-state index >= 15 is 0 Å². The first-order valence-electron chi connectivity index (χ1n) is 10.2. The van der Waals surface area contributed by atoms with Crippen LogP contribution in [0.15, 0.2) is 40.2 Å². The number of fused-ring (bicyclic) bond motifs is 1. The SMILES string of the molecule is Cc1sc2nc(CC(=O)NN=C3CC[NH+](Cc4ccccc4)CC3)[nH]c(=O)c2c1C. The average Bonchev–Trinajstić information content (AvgIpc) is 3.02. The molecule has 1 saturated heterocycles. The first-order chi connectivity index (χ1) is 14.5. The molecular formula is C22H26N5O2S+. The number of carbonyl (C=O) groups is 1. The highest BCUT2D eigenvalue weighted by atomic mass is 32.1. The van der Waals surface area contributed by atoms with Crippen molar-refractivity contribution < 1.29 is 9.69 Å². The third-order valence-electron chi connectivity index (χ3n) is 5.59. The highest BCUT2D eigenvalue weighted by molar-refractivity contribution is 7.18. The molecule has 0 unspecified atom stereocenters. The van der Waals surface area contributed by atoms with E-state index in [9.17, 15) is 9.59 Å². The van der Waals surface area contributed by atoms with E-state index < -0.39 is 0 Å². The van der Waals surface area contributed by atoms with Crippen LogP contribution in [0.5, 0.6) is 0 Å². The van der Waals surface area contributed by atoms with E-state index in [-0.39, 0.29) is 17.9 Å². The van der Waals surface area contributed by atoms with Crippen molar-refractivity contribution in [3.05, 3.63) is 62.5 Å². The summed E-state index contributed by atoms with van der Waals surface area (Å²) in [7, 11) is 0. The molecule has 30 heavy (non-hydrogen) atoms. The number of thiophene rings is 1. The monoisotopic (exact) mass is 424 g/mol. The summed E-state index contributed by atoms with van der Waals surface area (Å²) >= 11 is 1.48. The molecule has 1 aliphatic rings. The Bertz CT molecular complexity index is 1140. The lowest BCUT2D eigenvalue weighted by Gasteiger charge is -2.24. The minimum absolute atomic E-state index is 0.00331. The first-order valence-corrected chi connectivity index (χ1v) is 11.0. The van der Waals surface area contributed by atoms with Crippen LogP contribution in [0.3, 0.4) is 0 Å². The quantitative estimate of drug-likeness (QED) is 0.542. The molecule has 0 atom stereocenters. The van der Waals surface area contributed by atoms with Gasteiger partial charge in [-0.05, 0) is 19.4 Å². The predicted octanol–water partition coefficient (Wildman–Crippen LogP) is 1.50. The number of benzene rings is 1. The van der Waals surface area contributed by atoms with Gasteiger partial charge in [-0.1, -0.05) is 30.3 Å². The third kappa shape index (κ3) is 4.66. The maximum absolute atomic E-state index is 12.3. The minimum atomic E-state index is -0.269. The van der Waals surface area contributed by atoms with Crippen LogP contribution in [0.2, 0.25) is 0 Å². The van der Waals surface area contributed by atoms with Crippen LogP contribution >= 0.6 is 11.3 Å². The fourth-order valence-electron chi connectivity index (χ4n) is 3.78. The van der Waals surface area contributed by atoms with Gasteiger partial charge in [0, 0.05) is 29.0 Å². The Labute approximate surface area is 178 Å². The summed E-state index contributed by atoms with van der Waals surface area (Å²) in [6, 6.07) is 10.5. The number of H-pyrrole nitrogens is 1. The van der Waals surface area contributed by atoms with Gasteiger partial charge in [0.05, 0.1) is 24.9 Å². The van der Waals surface area contributed by atoms with Gasteiger partial charge in [0.15, 0.2) is 0 Å². The normalized spacial score (nSPS) is 16.6. The Kier molecular flexibility index (Phi) is 6.06. The minimum Gasteiger partial charge on any atom is -0.331 e. The van der Waals surface area contributed by atoms with E-state index in [1.165, 1.54) is 21.8 Å². The zero-order chi connectivity index (χ0) is 21.1. The fraction of sp³-hybridized carbons (Fsp3) is 0.364. The molecule has 3 N–H and O–H groups in total. The number of piperidine rings is 1. The van der Waals surface area contributed by atoms with Gasteiger partial charge in [-0.2, -0.15) is 5.10 Å². The molecule has 1 aromatic carbocycles. The number of hydrazone groups is 1. The van der Waals surface area contributed by atoms with Gasteiger partial charge in [0.1, 0.15) is 17.2 Å². The van der Waals surface area contributed by atoms with E-state index in [2.05, 4.69) is 44.8 Å². The van der Waals surface area contributed by atoms with Gasteiger partial charge in [0.2, 0.25) is 5.91 Å². The van der Waals surface area contributed by atoms with E-state index in [1.54, 1.807) is 0 Å². The summed E-state index contributed by atoms with van der Waals surface area (Å²) in [5, 5.41) is 4.93. The number of hydrogen-bond acceptors (Lipinski definition) is 5. The van der Waals surface area contributed by atoms with Gasteiger partial charge in [-0.15, -0.1) is 11.3 Å². The molecular weight excluding hydrogens is 398 g/mol. The maximum Gasteiger partial charge on any atom is 0.259 e.